The molecule has 0 aromatic rings. The first-order valence-corrected chi connectivity index (χ1v) is 8.52. The molecule has 7 nitrogen and oxygen atoms in total. The van der Waals surface area contributed by atoms with Gasteiger partial charge in [0.25, 0.3) is 0 Å². The number of carboxylic acids is 1. The van der Waals surface area contributed by atoms with E-state index in [1.165, 1.54) is 0 Å². The van der Waals surface area contributed by atoms with Gasteiger partial charge < -0.3 is 14.7 Å². The Bertz CT molecular complexity index is 402. The summed E-state index contributed by atoms with van der Waals surface area (Å²) in [5.41, 5.74) is 0. The van der Waals surface area contributed by atoms with E-state index in [2.05, 4.69) is 4.90 Å². The van der Waals surface area contributed by atoms with Crippen LogP contribution >= 0.6 is 0 Å². The highest BCUT2D eigenvalue weighted by atomic mass is 16.5. The average molecular weight is 327 g/mol. The summed E-state index contributed by atoms with van der Waals surface area (Å²) in [6, 6.07) is -0.438. The van der Waals surface area contributed by atoms with E-state index in [4.69, 9.17) is 4.74 Å². The number of carbonyl (C=O) groups excluding carboxylic acids is 1. The van der Waals surface area contributed by atoms with Gasteiger partial charge in [-0.2, -0.15) is 0 Å². The number of hydrogen-bond acceptors (Lipinski definition) is 5. The molecule has 0 saturated carbocycles. The highest BCUT2D eigenvalue weighted by Gasteiger charge is 2.31. The minimum Gasteiger partial charge on any atom is -0.480 e. The second-order valence-corrected chi connectivity index (χ2v) is 6.79. The van der Waals surface area contributed by atoms with Crippen LogP contribution in [0.2, 0.25) is 0 Å². The number of amides is 1. The molecule has 2 rings (SSSR count). The van der Waals surface area contributed by atoms with Crippen LogP contribution in [0.1, 0.15) is 20.3 Å². The highest BCUT2D eigenvalue weighted by molar-refractivity contribution is 5.78. The zero-order valence-electron chi connectivity index (χ0n) is 14.2. The van der Waals surface area contributed by atoms with Gasteiger partial charge in [-0.15, -0.1) is 0 Å². The molecule has 132 valence electrons. The molecule has 0 aromatic heterocycles. The second-order valence-electron chi connectivity index (χ2n) is 6.79. The van der Waals surface area contributed by atoms with E-state index in [9.17, 15) is 14.7 Å². The highest BCUT2D eigenvalue weighted by Crippen LogP contribution is 2.15. The second kappa shape index (κ2) is 8.61. The quantitative estimate of drug-likeness (QED) is 0.738. The summed E-state index contributed by atoms with van der Waals surface area (Å²) in [6.07, 6.45) is 0.650. The third-order valence-corrected chi connectivity index (χ3v) is 4.55. The lowest BCUT2D eigenvalue weighted by molar-refractivity contribution is -0.145. The van der Waals surface area contributed by atoms with Gasteiger partial charge in [0.1, 0.15) is 6.04 Å². The molecular weight excluding hydrogens is 298 g/mol. The topological polar surface area (TPSA) is 73.3 Å². The fourth-order valence-electron chi connectivity index (χ4n) is 3.19. The molecule has 1 N–H and O–H groups in total. The Morgan fingerprint density at radius 3 is 2.17 bits per heavy atom. The first kappa shape index (κ1) is 18.2. The Kier molecular flexibility index (Phi) is 6.80. The summed E-state index contributed by atoms with van der Waals surface area (Å²) in [7, 11) is 0. The third-order valence-electron chi connectivity index (χ3n) is 4.55. The van der Waals surface area contributed by atoms with E-state index in [0.29, 0.717) is 58.3 Å². The largest absolute Gasteiger partial charge is 0.480 e. The van der Waals surface area contributed by atoms with Crippen molar-refractivity contribution in [2.75, 3.05) is 59.0 Å². The number of rotatable bonds is 6. The molecule has 2 heterocycles. The van der Waals surface area contributed by atoms with E-state index in [-0.39, 0.29) is 5.91 Å². The van der Waals surface area contributed by atoms with Crippen molar-refractivity contribution in [1.29, 1.82) is 0 Å². The van der Waals surface area contributed by atoms with Crippen molar-refractivity contribution in [2.45, 2.75) is 26.3 Å². The Morgan fingerprint density at radius 1 is 1.04 bits per heavy atom. The van der Waals surface area contributed by atoms with Crippen LogP contribution in [0.3, 0.4) is 0 Å². The number of ether oxygens (including phenoxy) is 1. The number of hydrogen-bond donors (Lipinski definition) is 1. The first-order chi connectivity index (χ1) is 11.0. The SMILES string of the molecule is CC(C)CC(C(=O)O)N1CCN(C(=O)CN2CCOCC2)CC1. The molecule has 2 fully saturated rings. The molecule has 7 heteroatoms. The van der Waals surface area contributed by atoms with Gasteiger partial charge in [-0.1, -0.05) is 13.8 Å². The maximum atomic E-state index is 12.4. The van der Waals surface area contributed by atoms with Gasteiger partial charge in [-0.3, -0.25) is 19.4 Å². The zero-order valence-corrected chi connectivity index (χ0v) is 14.2. The van der Waals surface area contributed by atoms with E-state index >= 15 is 0 Å². The minimum atomic E-state index is -0.758. The summed E-state index contributed by atoms with van der Waals surface area (Å²) in [4.78, 5) is 29.8. The first-order valence-electron chi connectivity index (χ1n) is 8.52. The number of carbonyl (C=O) groups is 2. The van der Waals surface area contributed by atoms with Crippen molar-refractivity contribution in [1.82, 2.24) is 14.7 Å². The van der Waals surface area contributed by atoms with Crippen LogP contribution in [-0.4, -0.2) is 96.8 Å². The molecule has 2 saturated heterocycles. The number of nitrogens with zero attached hydrogens (tertiary/aromatic N) is 3. The van der Waals surface area contributed by atoms with Crippen molar-refractivity contribution in [3.8, 4) is 0 Å². The van der Waals surface area contributed by atoms with Gasteiger partial charge in [0.2, 0.25) is 5.91 Å². The van der Waals surface area contributed by atoms with E-state index in [1.807, 2.05) is 23.6 Å². The molecule has 0 bridgehead atoms. The van der Waals surface area contributed by atoms with Crippen LogP contribution in [0.15, 0.2) is 0 Å². The molecule has 2 aliphatic rings. The van der Waals surface area contributed by atoms with E-state index in [0.717, 1.165) is 13.1 Å². The molecule has 2 aliphatic heterocycles. The lowest BCUT2D eigenvalue weighted by Crippen LogP contribution is -2.56. The number of morpholine rings is 1. The van der Waals surface area contributed by atoms with E-state index < -0.39 is 12.0 Å². The van der Waals surface area contributed by atoms with Crippen LogP contribution in [0.5, 0.6) is 0 Å². The Morgan fingerprint density at radius 2 is 1.65 bits per heavy atom. The summed E-state index contributed by atoms with van der Waals surface area (Å²) in [6.45, 7) is 10.0. The van der Waals surface area contributed by atoms with Crippen LogP contribution in [0, 0.1) is 5.92 Å². The van der Waals surface area contributed by atoms with Crippen molar-refractivity contribution in [3.05, 3.63) is 0 Å². The van der Waals surface area contributed by atoms with Crippen LogP contribution in [0.25, 0.3) is 0 Å². The standard InChI is InChI=1S/C16H29N3O4/c1-13(2)11-14(16(21)22)18-3-5-19(6-4-18)15(20)12-17-7-9-23-10-8-17/h13-14H,3-12H2,1-2H3,(H,21,22). The van der Waals surface area contributed by atoms with E-state index in [1.54, 1.807) is 0 Å². The van der Waals surface area contributed by atoms with Crippen molar-refractivity contribution in [2.24, 2.45) is 5.92 Å². The fourth-order valence-corrected chi connectivity index (χ4v) is 3.19. The molecule has 0 spiro atoms. The third kappa shape index (κ3) is 5.44. The summed E-state index contributed by atoms with van der Waals surface area (Å²) >= 11 is 0. The zero-order chi connectivity index (χ0) is 16.8. The Hall–Kier alpha value is -1.18. The molecule has 0 aliphatic carbocycles. The fraction of sp³-hybridized carbons (Fsp3) is 0.875. The molecule has 1 unspecified atom stereocenters. The average Bonchev–Trinajstić information content (AvgIpc) is 2.53. The Labute approximate surface area is 138 Å². The van der Waals surface area contributed by atoms with Crippen molar-refractivity contribution >= 4 is 11.9 Å². The summed E-state index contributed by atoms with van der Waals surface area (Å²) in [5.74, 6) is -0.272. The van der Waals surface area contributed by atoms with Crippen LogP contribution < -0.4 is 0 Å². The lowest BCUT2D eigenvalue weighted by Gasteiger charge is -2.39. The maximum Gasteiger partial charge on any atom is 0.320 e. The van der Waals surface area contributed by atoms with Gasteiger partial charge in [0.15, 0.2) is 0 Å². The maximum absolute atomic E-state index is 12.4. The minimum absolute atomic E-state index is 0.141. The lowest BCUT2D eigenvalue weighted by atomic mass is 10.0. The van der Waals surface area contributed by atoms with Crippen LogP contribution in [0.4, 0.5) is 0 Å². The van der Waals surface area contributed by atoms with Gasteiger partial charge in [-0.25, -0.2) is 0 Å². The molecule has 1 amide bonds. The molecule has 23 heavy (non-hydrogen) atoms. The van der Waals surface area contributed by atoms with Gasteiger partial charge in [0.05, 0.1) is 19.8 Å². The number of piperazine rings is 1. The van der Waals surface area contributed by atoms with Gasteiger partial charge in [-0.05, 0) is 12.3 Å². The van der Waals surface area contributed by atoms with Gasteiger partial charge >= 0.3 is 5.97 Å². The molecular formula is C16H29N3O4. The summed E-state index contributed by atoms with van der Waals surface area (Å²) in [5, 5.41) is 9.43. The number of carboxylic acid groups (broad SMARTS) is 1. The normalized spacial score (nSPS) is 22.3. The molecule has 0 aromatic carbocycles. The molecule has 0 radical (unpaired) electrons. The molecule has 1 atom stereocenters. The predicted octanol–water partition coefficient (Wildman–Crippen LogP) is -0.0379. The van der Waals surface area contributed by atoms with Crippen molar-refractivity contribution < 1.29 is 19.4 Å². The monoisotopic (exact) mass is 327 g/mol. The predicted molar refractivity (Wildman–Crippen MR) is 86.3 cm³/mol. The number of aliphatic carboxylic acids is 1. The van der Waals surface area contributed by atoms with Gasteiger partial charge in [0, 0.05) is 39.3 Å². The smallest absolute Gasteiger partial charge is 0.320 e. The van der Waals surface area contributed by atoms with Crippen molar-refractivity contribution in [3.63, 3.8) is 0 Å². The Balaban J connectivity index is 1.79. The van der Waals surface area contributed by atoms with Crippen LogP contribution in [-0.2, 0) is 14.3 Å². The summed E-state index contributed by atoms with van der Waals surface area (Å²) < 4.78 is 5.29.